The van der Waals surface area contributed by atoms with E-state index in [1.807, 2.05) is 0 Å². The van der Waals surface area contributed by atoms with Crippen LogP contribution in [0.5, 0.6) is 0 Å². The monoisotopic (exact) mass is 564 g/mol. The number of alkyl carbamates (subject to hydrolysis) is 1. The normalized spacial score (nSPS) is 17.8. The molecule has 0 bridgehead atoms. The van der Waals surface area contributed by atoms with Gasteiger partial charge in [0.25, 0.3) is 5.92 Å². The van der Waals surface area contributed by atoms with Crippen molar-refractivity contribution in [2.45, 2.75) is 83.5 Å². The van der Waals surface area contributed by atoms with Crippen LogP contribution in [0.25, 0.3) is 0 Å². The van der Waals surface area contributed by atoms with Gasteiger partial charge in [-0.25, -0.2) is 23.4 Å². The summed E-state index contributed by atoms with van der Waals surface area (Å²) in [7, 11) is 3.28. The fraction of sp³-hybridized carbons (Fsp3) is 0.704. The van der Waals surface area contributed by atoms with Crippen LogP contribution in [0.3, 0.4) is 0 Å². The SMILES string of the molecule is C1CCCNCC1.CC(=O)[C@H](NC(=O)OC(C)(C)C)[C@@H](O)c1ccc(F)cc1.CNOC.FC1(F)CCNC1. The molecule has 0 spiro atoms. The molecule has 1 amide bonds. The molecule has 0 unspecified atom stereocenters. The average molecular weight is 565 g/mol. The molecule has 0 aliphatic carbocycles. The molecule has 0 radical (unpaired) electrons. The van der Waals surface area contributed by atoms with Gasteiger partial charge in [-0.05, 0) is 71.3 Å². The van der Waals surface area contributed by atoms with Crippen LogP contribution in [0.1, 0.15) is 71.5 Å². The van der Waals surface area contributed by atoms with E-state index < -0.39 is 41.4 Å². The molecule has 0 saturated carbocycles. The number of aliphatic hydroxyl groups is 1. The Morgan fingerprint density at radius 3 is 1.92 bits per heavy atom. The smallest absolute Gasteiger partial charge is 0.408 e. The first-order chi connectivity index (χ1) is 18.2. The maximum Gasteiger partial charge on any atom is 0.408 e. The number of halogens is 3. The zero-order valence-electron chi connectivity index (χ0n) is 24.0. The number of alkyl halides is 2. The van der Waals surface area contributed by atoms with E-state index in [0.717, 1.165) is 0 Å². The Balaban J connectivity index is 0.000000642. The highest BCUT2D eigenvalue weighted by Gasteiger charge is 2.32. The first kappa shape index (κ1) is 36.8. The highest BCUT2D eigenvalue weighted by molar-refractivity contribution is 5.86. The van der Waals surface area contributed by atoms with Gasteiger partial charge in [-0.2, -0.15) is 0 Å². The largest absolute Gasteiger partial charge is 0.444 e. The number of carbonyl (C=O) groups is 2. The van der Waals surface area contributed by atoms with Crippen molar-refractivity contribution in [3.05, 3.63) is 35.6 Å². The minimum absolute atomic E-state index is 0.00694. The van der Waals surface area contributed by atoms with Crippen LogP contribution in [0.2, 0.25) is 0 Å². The quantitative estimate of drug-likeness (QED) is 0.342. The molecule has 9 nitrogen and oxygen atoms in total. The lowest BCUT2D eigenvalue weighted by Gasteiger charge is -2.25. The van der Waals surface area contributed by atoms with E-state index in [1.54, 1.807) is 34.9 Å². The Bertz CT molecular complexity index is 778. The molecule has 5 N–H and O–H groups in total. The van der Waals surface area contributed by atoms with E-state index in [2.05, 4.69) is 26.3 Å². The molecule has 1 aromatic carbocycles. The number of hydrogen-bond donors (Lipinski definition) is 5. The second kappa shape index (κ2) is 19.8. The van der Waals surface area contributed by atoms with Gasteiger partial charge in [0, 0.05) is 20.0 Å². The van der Waals surface area contributed by atoms with Crippen molar-refractivity contribution in [3.63, 3.8) is 0 Å². The van der Waals surface area contributed by atoms with Crippen LogP contribution < -0.4 is 21.4 Å². The van der Waals surface area contributed by atoms with Crippen molar-refractivity contribution >= 4 is 11.9 Å². The molecule has 39 heavy (non-hydrogen) atoms. The van der Waals surface area contributed by atoms with Crippen molar-refractivity contribution in [2.24, 2.45) is 0 Å². The fourth-order valence-electron chi connectivity index (χ4n) is 3.30. The molecule has 3 rings (SSSR count). The van der Waals surface area contributed by atoms with Crippen molar-refractivity contribution < 1.29 is 37.4 Å². The summed E-state index contributed by atoms with van der Waals surface area (Å²) in [5.74, 6) is -3.30. The molecule has 1 aromatic rings. The van der Waals surface area contributed by atoms with E-state index in [0.29, 0.717) is 12.1 Å². The van der Waals surface area contributed by atoms with Gasteiger partial charge >= 0.3 is 6.09 Å². The van der Waals surface area contributed by atoms with E-state index in [9.17, 15) is 27.9 Å². The number of ketones is 1. The van der Waals surface area contributed by atoms with Crippen LogP contribution >= 0.6 is 0 Å². The van der Waals surface area contributed by atoms with Crippen molar-refractivity contribution in [1.82, 2.24) is 21.4 Å². The average Bonchev–Trinajstić information content (AvgIpc) is 3.07. The molecule has 2 atom stereocenters. The summed E-state index contributed by atoms with van der Waals surface area (Å²) in [6, 6.07) is 3.89. The van der Waals surface area contributed by atoms with Crippen LogP contribution in [-0.2, 0) is 14.4 Å². The number of aliphatic hydroxyl groups excluding tert-OH is 1. The molecule has 2 fully saturated rings. The van der Waals surface area contributed by atoms with Crippen molar-refractivity contribution in [2.75, 3.05) is 40.3 Å². The van der Waals surface area contributed by atoms with Crippen LogP contribution in [-0.4, -0.2) is 74.9 Å². The number of ether oxygens (including phenoxy) is 1. The Labute approximate surface area is 230 Å². The molecule has 0 aromatic heterocycles. The third-order valence-electron chi connectivity index (χ3n) is 5.35. The Hall–Kier alpha value is -2.25. The van der Waals surface area contributed by atoms with Gasteiger partial charge in [0.2, 0.25) is 0 Å². The molecule has 12 heteroatoms. The first-order valence-electron chi connectivity index (χ1n) is 13.1. The van der Waals surface area contributed by atoms with Crippen LogP contribution in [0.4, 0.5) is 18.0 Å². The highest BCUT2D eigenvalue weighted by Crippen LogP contribution is 2.20. The lowest BCUT2D eigenvalue weighted by Crippen LogP contribution is -2.46. The summed E-state index contributed by atoms with van der Waals surface area (Å²) < 4.78 is 41.7. The maximum absolute atomic E-state index is 12.9. The number of hydroxylamine groups is 1. The van der Waals surface area contributed by atoms with Crippen molar-refractivity contribution in [1.29, 1.82) is 0 Å². The molecule has 2 aliphatic heterocycles. The minimum Gasteiger partial charge on any atom is -0.444 e. The summed E-state index contributed by atoms with van der Waals surface area (Å²) in [6.07, 6.45) is 3.58. The van der Waals surface area contributed by atoms with Gasteiger partial charge in [0.15, 0.2) is 5.78 Å². The van der Waals surface area contributed by atoms with Crippen LogP contribution in [0, 0.1) is 5.82 Å². The number of carbonyl (C=O) groups excluding carboxylic acids is 2. The van der Waals surface area contributed by atoms with Gasteiger partial charge in [0.05, 0.1) is 13.7 Å². The zero-order valence-corrected chi connectivity index (χ0v) is 24.0. The molecule has 226 valence electrons. The summed E-state index contributed by atoms with van der Waals surface area (Å²) >= 11 is 0. The van der Waals surface area contributed by atoms with Gasteiger partial charge in [-0.15, -0.1) is 0 Å². The summed E-state index contributed by atoms with van der Waals surface area (Å²) in [6.45, 7) is 9.14. The standard InChI is InChI=1S/C15H20FNO4.C6H13N.C4H7F2N.C2H7NO/c1-9(18)12(17-14(20)21-15(2,3)4)13(19)10-5-7-11(16)8-6-10;1-2-4-6-7-5-3-1;5-4(6)1-2-7-3-4;1-3-4-2/h5-8,12-13,19H,1-4H3,(H,17,20);7H,1-6H2;7H,1-3H2;3H,1-2H3/t12-,13-;;;/m0.../s1. The Morgan fingerprint density at radius 1 is 1.03 bits per heavy atom. The second-order valence-corrected chi connectivity index (χ2v) is 10.1. The zero-order chi connectivity index (χ0) is 29.9. The van der Waals surface area contributed by atoms with E-state index >= 15 is 0 Å². The predicted octanol–water partition coefficient (Wildman–Crippen LogP) is 3.87. The molecular formula is C27H47F3N4O5. The Morgan fingerprint density at radius 2 is 1.56 bits per heavy atom. The topological polar surface area (TPSA) is 121 Å². The van der Waals surface area contributed by atoms with Gasteiger partial charge in [-0.1, -0.05) is 25.0 Å². The molecule has 2 heterocycles. The van der Waals surface area contributed by atoms with Gasteiger partial charge in [0.1, 0.15) is 23.6 Å². The number of benzene rings is 1. The third-order valence-corrected chi connectivity index (χ3v) is 5.35. The fourth-order valence-corrected chi connectivity index (χ4v) is 3.30. The first-order valence-corrected chi connectivity index (χ1v) is 13.1. The predicted molar refractivity (Wildman–Crippen MR) is 145 cm³/mol. The van der Waals surface area contributed by atoms with E-state index in [-0.39, 0.29) is 13.0 Å². The van der Waals surface area contributed by atoms with Crippen LogP contribution in [0.15, 0.2) is 24.3 Å². The summed E-state index contributed by atoms with van der Waals surface area (Å²) in [5, 5.41) is 18.4. The number of hydrogen-bond acceptors (Lipinski definition) is 8. The maximum atomic E-state index is 12.9. The number of rotatable bonds is 5. The van der Waals surface area contributed by atoms with Crippen molar-refractivity contribution in [3.8, 4) is 0 Å². The minimum atomic E-state index is -2.42. The summed E-state index contributed by atoms with van der Waals surface area (Å²) in [5.41, 5.74) is 2.04. The van der Waals surface area contributed by atoms with Gasteiger partial charge < -0.3 is 30.6 Å². The number of nitrogens with one attached hydrogen (secondary N) is 4. The van der Waals surface area contributed by atoms with Gasteiger partial charge in [-0.3, -0.25) is 4.79 Å². The second-order valence-electron chi connectivity index (χ2n) is 10.1. The lowest BCUT2D eigenvalue weighted by atomic mass is 9.99. The number of amides is 1. The molecule has 2 aliphatic rings. The molecule has 2 saturated heterocycles. The highest BCUT2D eigenvalue weighted by atomic mass is 19.3. The number of Topliss-reactive ketones (excluding diaryl/α,β-unsaturated/α-hetero) is 1. The molecular weight excluding hydrogens is 517 g/mol. The van der Waals surface area contributed by atoms with E-state index in [1.165, 1.54) is 70.0 Å². The summed E-state index contributed by atoms with van der Waals surface area (Å²) in [4.78, 5) is 27.6. The third kappa shape index (κ3) is 19.5. The Kier molecular flexibility index (Phi) is 18.6. The van der Waals surface area contributed by atoms with E-state index in [4.69, 9.17) is 4.74 Å². The lowest BCUT2D eigenvalue weighted by molar-refractivity contribution is -0.121.